The van der Waals surface area contributed by atoms with Gasteiger partial charge in [0, 0.05) is 44.6 Å². The van der Waals surface area contributed by atoms with Crippen LogP contribution in [0.5, 0.6) is 0 Å². The van der Waals surface area contributed by atoms with Crippen molar-refractivity contribution in [1.29, 1.82) is 0 Å². The minimum atomic E-state index is -4.54. The topological polar surface area (TPSA) is 77.2 Å². The number of rotatable bonds is 8. The summed E-state index contributed by atoms with van der Waals surface area (Å²) in [6.07, 6.45) is -1.42. The summed E-state index contributed by atoms with van der Waals surface area (Å²) in [5.74, 6) is -1.07. The van der Waals surface area contributed by atoms with E-state index in [1.165, 1.54) is 24.5 Å². The van der Waals surface area contributed by atoms with Crippen molar-refractivity contribution in [2.45, 2.75) is 45.0 Å². The quantitative estimate of drug-likeness (QED) is 0.383. The Balaban J connectivity index is 1.87. The van der Waals surface area contributed by atoms with Gasteiger partial charge in [0.2, 0.25) is 0 Å². The summed E-state index contributed by atoms with van der Waals surface area (Å²) in [4.78, 5) is 19.5. The van der Waals surface area contributed by atoms with Gasteiger partial charge >= 0.3 is 12.1 Å². The van der Waals surface area contributed by atoms with E-state index in [-0.39, 0.29) is 24.4 Å². The van der Waals surface area contributed by atoms with Crippen LogP contribution in [0, 0.1) is 0 Å². The highest BCUT2D eigenvalue weighted by Crippen LogP contribution is 2.34. The summed E-state index contributed by atoms with van der Waals surface area (Å²) in [5, 5.41) is 9.44. The summed E-state index contributed by atoms with van der Waals surface area (Å²) >= 11 is 0. The normalized spacial score (nSPS) is 12.5. The van der Waals surface area contributed by atoms with Crippen LogP contribution < -0.4 is 0 Å². The fourth-order valence-corrected chi connectivity index (χ4v) is 3.86. The van der Waals surface area contributed by atoms with Crippen molar-refractivity contribution in [3.8, 4) is 0 Å². The number of aromatic nitrogens is 3. The number of nitrogens with zero attached hydrogens (tertiary/aromatic N) is 3. The number of pyridine rings is 2. The maximum absolute atomic E-state index is 13.6. The van der Waals surface area contributed by atoms with Crippen LogP contribution in [0.1, 0.15) is 27.3 Å². The van der Waals surface area contributed by atoms with Gasteiger partial charge in [0.05, 0.1) is 5.56 Å². The Morgan fingerprint density at radius 3 is 2.58 bits per heavy atom. The highest BCUT2D eigenvalue weighted by molar-refractivity contribution is 6.76. The van der Waals surface area contributed by atoms with Gasteiger partial charge in [-0.05, 0) is 35.9 Å². The zero-order valence-electron chi connectivity index (χ0n) is 17.5. The smallest absolute Gasteiger partial charge is 0.431 e. The van der Waals surface area contributed by atoms with E-state index in [4.69, 9.17) is 9.84 Å². The van der Waals surface area contributed by atoms with Crippen molar-refractivity contribution < 1.29 is 27.8 Å². The van der Waals surface area contributed by atoms with E-state index in [9.17, 15) is 18.0 Å². The molecule has 31 heavy (non-hydrogen) atoms. The average molecular weight is 452 g/mol. The van der Waals surface area contributed by atoms with E-state index in [1.54, 1.807) is 6.07 Å². The average Bonchev–Trinajstić information content (AvgIpc) is 3.03. The molecule has 0 fully saturated rings. The monoisotopic (exact) mass is 451 g/mol. The lowest BCUT2D eigenvalue weighted by atomic mass is 10.1. The van der Waals surface area contributed by atoms with Crippen molar-refractivity contribution in [3.05, 3.63) is 59.2 Å². The van der Waals surface area contributed by atoms with Crippen LogP contribution in [0.4, 0.5) is 13.2 Å². The maximum Gasteiger partial charge on any atom is 0.431 e. The molecular formula is C21H24F3N3O3Si. The van der Waals surface area contributed by atoms with Crippen molar-refractivity contribution in [3.63, 3.8) is 0 Å². The van der Waals surface area contributed by atoms with Crippen LogP contribution in [0.15, 0.2) is 36.7 Å². The molecule has 0 radical (unpaired) electrons. The molecule has 3 aromatic rings. The molecule has 0 bridgehead atoms. The number of hydrogen-bond donors (Lipinski definition) is 1. The molecule has 0 aliphatic heterocycles. The van der Waals surface area contributed by atoms with E-state index in [0.717, 1.165) is 16.7 Å². The van der Waals surface area contributed by atoms with Crippen molar-refractivity contribution in [2.24, 2.45) is 0 Å². The van der Waals surface area contributed by atoms with Crippen LogP contribution in [0.3, 0.4) is 0 Å². The highest BCUT2D eigenvalue weighted by Gasteiger charge is 2.35. The SMILES string of the molecule is C[Si](C)(C)CCOCn1c(C(F)(F)F)cc2cc(Cc3cc(C(=O)O)ccn3)cnc21. The molecule has 0 saturated heterocycles. The van der Waals surface area contributed by atoms with Gasteiger partial charge < -0.3 is 9.84 Å². The molecule has 10 heteroatoms. The molecule has 166 valence electrons. The van der Waals surface area contributed by atoms with Crippen molar-refractivity contribution >= 4 is 25.1 Å². The Morgan fingerprint density at radius 2 is 1.94 bits per heavy atom. The summed E-state index contributed by atoms with van der Waals surface area (Å²) in [6.45, 7) is 6.69. The van der Waals surface area contributed by atoms with E-state index in [0.29, 0.717) is 23.3 Å². The van der Waals surface area contributed by atoms with Gasteiger partial charge in [0.25, 0.3) is 0 Å². The Hall–Kier alpha value is -2.72. The second-order valence-electron chi connectivity index (χ2n) is 8.58. The standard InChI is InChI=1S/C21H24F3N3O3Si/c1-31(2,3)7-6-30-13-27-18(21(22,23)24)11-16-8-14(12-26-19(16)27)9-17-10-15(20(28)29)4-5-25-17/h4-5,8,10-12H,6-7,9,13H2,1-3H3,(H,28,29). The lowest BCUT2D eigenvalue weighted by Gasteiger charge is -2.17. The Labute approximate surface area is 178 Å². The third kappa shape index (κ3) is 5.92. The van der Waals surface area contributed by atoms with Gasteiger partial charge in [-0.2, -0.15) is 13.2 Å². The van der Waals surface area contributed by atoms with E-state index in [1.807, 2.05) is 0 Å². The van der Waals surface area contributed by atoms with Crippen LogP contribution in [-0.2, 0) is 24.1 Å². The molecule has 0 saturated carbocycles. The number of aromatic carboxylic acids is 1. The Kier molecular flexibility index (Phi) is 6.51. The number of fused-ring (bicyclic) bond motifs is 1. The minimum Gasteiger partial charge on any atom is -0.478 e. The van der Waals surface area contributed by atoms with Crippen LogP contribution >= 0.6 is 0 Å². The highest BCUT2D eigenvalue weighted by atomic mass is 28.3. The summed E-state index contributed by atoms with van der Waals surface area (Å²) in [6, 6.07) is 6.35. The molecule has 0 spiro atoms. The van der Waals surface area contributed by atoms with Crippen LogP contribution in [0.25, 0.3) is 11.0 Å². The van der Waals surface area contributed by atoms with E-state index < -0.39 is 25.9 Å². The van der Waals surface area contributed by atoms with Crippen LogP contribution in [-0.4, -0.2) is 40.3 Å². The molecular weight excluding hydrogens is 427 g/mol. The number of ether oxygens (including phenoxy) is 1. The summed E-state index contributed by atoms with van der Waals surface area (Å²) in [7, 11) is -1.35. The second-order valence-corrected chi connectivity index (χ2v) is 14.2. The Morgan fingerprint density at radius 1 is 1.19 bits per heavy atom. The first-order valence-corrected chi connectivity index (χ1v) is 13.5. The van der Waals surface area contributed by atoms with Gasteiger partial charge in [-0.25, -0.2) is 9.78 Å². The molecule has 3 heterocycles. The van der Waals surface area contributed by atoms with Gasteiger partial charge in [-0.1, -0.05) is 19.6 Å². The lowest BCUT2D eigenvalue weighted by molar-refractivity contribution is -0.145. The molecule has 0 amide bonds. The zero-order valence-corrected chi connectivity index (χ0v) is 18.5. The van der Waals surface area contributed by atoms with Gasteiger partial charge in [0.15, 0.2) is 0 Å². The molecule has 0 atom stereocenters. The summed E-state index contributed by atoms with van der Waals surface area (Å²) in [5.41, 5.74) is 0.599. The molecule has 1 N–H and O–H groups in total. The zero-order chi connectivity index (χ0) is 22.8. The number of halogens is 3. The third-order valence-corrected chi connectivity index (χ3v) is 6.45. The number of carbonyl (C=O) groups is 1. The number of carboxylic acid groups (broad SMARTS) is 1. The summed E-state index contributed by atoms with van der Waals surface area (Å²) < 4.78 is 47.4. The van der Waals surface area contributed by atoms with E-state index in [2.05, 4.69) is 29.6 Å². The van der Waals surface area contributed by atoms with Gasteiger partial charge in [0.1, 0.15) is 18.1 Å². The third-order valence-electron chi connectivity index (χ3n) is 4.75. The predicted octanol–water partition coefficient (Wildman–Crippen LogP) is 5.05. The molecule has 0 aliphatic carbocycles. The number of hydrogen-bond acceptors (Lipinski definition) is 4. The van der Waals surface area contributed by atoms with E-state index >= 15 is 0 Å². The molecule has 0 unspecified atom stereocenters. The van der Waals surface area contributed by atoms with Gasteiger partial charge in [-0.15, -0.1) is 0 Å². The molecule has 0 aliphatic rings. The molecule has 6 nitrogen and oxygen atoms in total. The molecule has 3 rings (SSSR count). The maximum atomic E-state index is 13.6. The molecule has 3 aromatic heterocycles. The van der Waals surface area contributed by atoms with Crippen molar-refractivity contribution in [1.82, 2.24) is 14.5 Å². The number of alkyl halides is 3. The Bertz CT molecular complexity index is 1090. The second kappa shape index (κ2) is 8.79. The van der Waals surface area contributed by atoms with Crippen LogP contribution in [0.2, 0.25) is 25.7 Å². The van der Waals surface area contributed by atoms with Crippen molar-refractivity contribution in [2.75, 3.05) is 6.61 Å². The predicted molar refractivity (Wildman–Crippen MR) is 113 cm³/mol. The first-order chi connectivity index (χ1) is 14.4. The molecule has 0 aromatic carbocycles. The first-order valence-electron chi connectivity index (χ1n) is 9.75. The lowest BCUT2D eigenvalue weighted by Crippen LogP contribution is -2.22. The van der Waals surface area contributed by atoms with Gasteiger partial charge in [-0.3, -0.25) is 9.55 Å². The number of carboxylic acids is 1. The first kappa shape index (κ1) is 23.0. The minimum absolute atomic E-state index is 0.0972. The fraction of sp³-hybridized carbons (Fsp3) is 0.381. The largest absolute Gasteiger partial charge is 0.478 e. The fourth-order valence-electron chi connectivity index (χ4n) is 3.10.